The number of carbonyl (C=O) groups is 1. The largest absolute Gasteiger partial charge is 0.347 e. The Labute approximate surface area is 178 Å². The number of likely N-dealkylation sites (N-methyl/N-ethyl adjacent to an activating group) is 1. The highest BCUT2D eigenvalue weighted by Crippen LogP contribution is 2.36. The van der Waals surface area contributed by atoms with Gasteiger partial charge in [0.05, 0.1) is 18.3 Å². The molecule has 0 unspecified atom stereocenters. The molecular weight excluding hydrogens is 381 g/mol. The summed E-state index contributed by atoms with van der Waals surface area (Å²) in [4.78, 5) is 28.2. The molecule has 0 aliphatic carbocycles. The lowest BCUT2D eigenvalue weighted by Gasteiger charge is -2.37. The van der Waals surface area contributed by atoms with Crippen molar-refractivity contribution in [2.75, 3.05) is 45.2 Å². The number of halogens is 1. The van der Waals surface area contributed by atoms with E-state index in [1.54, 1.807) is 12.1 Å². The van der Waals surface area contributed by atoms with Crippen LogP contribution in [-0.2, 0) is 4.79 Å². The fourth-order valence-corrected chi connectivity index (χ4v) is 4.05. The van der Waals surface area contributed by atoms with E-state index in [1.165, 1.54) is 12.1 Å². The first-order chi connectivity index (χ1) is 14.4. The molecule has 30 heavy (non-hydrogen) atoms. The lowest BCUT2D eigenvalue weighted by Crippen LogP contribution is -2.43. The van der Waals surface area contributed by atoms with Crippen molar-refractivity contribution in [3.8, 4) is 11.1 Å². The molecule has 1 aliphatic heterocycles. The third kappa shape index (κ3) is 4.95. The van der Waals surface area contributed by atoms with Gasteiger partial charge in [0.25, 0.3) is 0 Å². The number of hydrogen-bond acceptors (Lipinski definition) is 5. The summed E-state index contributed by atoms with van der Waals surface area (Å²) in [5.41, 5.74) is 2.69. The molecule has 0 N–H and O–H groups in total. The smallest absolute Gasteiger partial charge is 0.236 e. The van der Waals surface area contributed by atoms with Crippen LogP contribution in [0.1, 0.15) is 44.8 Å². The van der Waals surface area contributed by atoms with E-state index in [2.05, 4.69) is 9.88 Å². The molecule has 3 rings (SSSR count). The van der Waals surface area contributed by atoms with Crippen LogP contribution in [0.2, 0.25) is 0 Å². The zero-order chi connectivity index (χ0) is 21.7. The first-order valence-electron chi connectivity index (χ1n) is 10.8. The summed E-state index contributed by atoms with van der Waals surface area (Å²) in [5, 5.41) is 0. The zero-order valence-corrected chi connectivity index (χ0v) is 18.4. The maximum Gasteiger partial charge on any atom is 0.236 e. The average molecular weight is 414 g/mol. The molecule has 0 bridgehead atoms. The van der Waals surface area contributed by atoms with E-state index < -0.39 is 0 Å². The van der Waals surface area contributed by atoms with E-state index in [1.807, 2.05) is 43.9 Å². The standard InChI is InChI=1S/C23H32FN5O/c1-5-28(6-2)21(30)16-29-14-8-7-9-20(29)22-19(15-25-23(26-22)27(3)4)17-10-12-18(24)13-11-17/h10-13,15,20H,5-9,14,16H2,1-4H3/t20-/m0/s1. The van der Waals surface area contributed by atoms with Gasteiger partial charge in [-0.05, 0) is 50.9 Å². The fourth-order valence-electron chi connectivity index (χ4n) is 4.05. The topological polar surface area (TPSA) is 52.6 Å². The highest BCUT2D eigenvalue weighted by Gasteiger charge is 2.30. The zero-order valence-electron chi connectivity index (χ0n) is 18.4. The number of hydrogen-bond donors (Lipinski definition) is 0. The van der Waals surface area contributed by atoms with Crippen LogP contribution in [0, 0.1) is 5.82 Å². The summed E-state index contributed by atoms with van der Waals surface area (Å²) >= 11 is 0. The molecule has 1 atom stereocenters. The number of piperidine rings is 1. The molecule has 1 fully saturated rings. The van der Waals surface area contributed by atoms with Crippen molar-refractivity contribution in [1.29, 1.82) is 0 Å². The lowest BCUT2D eigenvalue weighted by atomic mass is 9.93. The van der Waals surface area contributed by atoms with Gasteiger partial charge in [0.2, 0.25) is 11.9 Å². The number of likely N-dealkylation sites (tertiary alicyclic amines) is 1. The Morgan fingerprint density at radius 3 is 2.50 bits per heavy atom. The van der Waals surface area contributed by atoms with Crippen LogP contribution < -0.4 is 4.90 Å². The van der Waals surface area contributed by atoms with Crippen molar-refractivity contribution in [1.82, 2.24) is 19.8 Å². The van der Waals surface area contributed by atoms with Crippen LogP contribution in [0.15, 0.2) is 30.5 Å². The van der Waals surface area contributed by atoms with Gasteiger partial charge in [0, 0.05) is 38.9 Å². The maximum atomic E-state index is 13.5. The quantitative estimate of drug-likeness (QED) is 0.692. The van der Waals surface area contributed by atoms with E-state index in [0.29, 0.717) is 25.6 Å². The predicted molar refractivity (Wildman–Crippen MR) is 118 cm³/mol. The van der Waals surface area contributed by atoms with Crippen molar-refractivity contribution in [3.05, 3.63) is 42.0 Å². The Kier molecular flexibility index (Phi) is 7.37. The maximum absolute atomic E-state index is 13.5. The Morgan fingerprint density at radius 1 is 1.17 bits per heavy atom. The van der Waals surface area contributed by atoms with Gasteiger partial charge in [-0.15, -0.1) is 0 Å². The summed E-state index contributed by atoms with van der Waals surface area (Å²) in [6, 6.07) is 6.48. The number of benzene rings is 1. The van der Waals surface area contributed by atoms with Gasteiger partial charge >= 0.3 is 0 Å². The minimum Gasteiger partial charge on any atom is -0.347 e. The van der Waals surface area contributed by atoms with Gasteiger partial charge in [-0.25, -0.2) is 14.4 Å². The normalized spacial score (nSPS) is 17.0. The monoisotopic (exact) mass is 413 g/mol. The molecule has 0 spiro atoms. The minimum atomic E-state index is -0.268. The Morgan fingerprint density at radius 2 is 1.87 bits per heavy atom. The highest BCUT2D eigenvalue weighted by atomic mass is 19.1. The van der Waals surface area contributed by atoms with Crippen LogP contribution in [0.5, 0.6) is 0 Å². The van der Waals surface area contributed by atoms with E-state index in [4.69, 9.17) is 4.98 Å². The SMILES string of the molecule is CCN(CC)C(=O)CN1CCCC[C@H]1c1nc(N(C)C)ncc1-c1ccc(F)cc1. The predicted octanol–water partition coefficient (Wildman–Crippen LogP) is 3.74. The number of carbonyl (C=O) groups excluding carboxylic acids is 1. The van der Waals surface area contributed by atoms with Crippen LogP contribution in [0.4, 0.5) is 10.3 Å². The Bertz CT molecular complexity index is 851. The van der Waals surface area contributed by atoms with Crippen LogP contribution >= 0.6 is 0 Å². The molecule has 0 radical (unpaired) electrons. The fraction of sp³-hybridized carbons (Fsp3) is 0.522. The summed E-state index contributed by atoms with van der Waals surface area (Å²) < 4.78 is 13.5. The molecule has 0 saturated carbocycles. The Balaban J connectivity index is 2.00. The number of nitrogens with zero attached hydrogens (tertiary/aromatic N) is 5. The summed E-state index contributed by atoms with van der Waals surface area (Å²) in [5.74, 6) is 0.517. The van der Waals surface area contributed by atoms with Crippen molar-refractivity contribution >= 4 is 11.9 Å². The molecule has 6 nitrogen and oxygen atoms in total. The number of rotatable bonds is 7. The second-order valence-corrected chi connectivity index (χ2v) is 7.92. The first kappa shape index (κ1) is 22.2. The van der Waals surface area contributed by atoms with Gasteiger partial charge < -0.3 is 9.80 Å². The van der Waals surface area contributed by atoms with E-state index >= 15 is 0 Å². The second kappa shape index (κ2) is 9.98. The van der Waals surface area contributed by atoms with Crippen LogP contribution in [-0.4, -0.2) is 65.9 Å². The number of amides is 1. The Hall–Kier alpha value is -2.54. The average Bonchev–Trinajstić information content (AvgIpc) is 2.75. The molecule has 1 aliphatic rings. The second-order valence-electron chi connectivity index (χ2n) is 7.92. The molecule has 162 valence electrons. The molecule has 1 amide bonds. The van der Waals surface area contributed by atoms with Crippen molar-refractivity contribution < 1.29 is 9.18 Å². The molecule has 2 aromatic rings. The van der Waals surface area contributed by atoms with Gasteiger partial charge in [0.15, 0.2) is 0 Å². The van der Waals surface area contributed by atoms with Gasteiger partial charge in [0.1, 0.15) is 5.82 Å². The number of aromatic nitrogens is 2. The van der Waals surface area contributed by atoms with E-state index in [-0.39, 0.29) is 17.8 Å². The third-order valence-corrected chi connectivity index (χ3v) is 5.74. The number of anilines is 1. The molecule has 1 aromatic carbocycles. The molecule has 1 aromatic heterocycles. The van der Waals surface area contributed by atoms with Crippen molar-refractivity contribution in [2.45, 2.75) is 39.2 Å². The van der Waals surface area contributed by atoms with Gasteiger partial charge in [-0.3, -0.25) is 9.69 Å². The van der Waals surface area contributed by atoms with Crippen molar-refractivity contribution in [3.63, 3.8) is 0 Å². The minimum absolute atomic E-state index is 0.0278. The van der Waals surface area contributed by atoms with Crippen LogP contribution in [0.3, 0.4) is 0 Å². The molecule has 7 heteroatoms. The molecule has 2 heterocycles. The molecular formula is C23H32FN5O. The highest BCUT2D eigenvalue weighted by molar-refractivity contribution is 5.78. The van der Waals surface area contributed by atoms with Crippen molar-refractivity contribution in [2.24, 2.45) is 0 Å². The summed E-state index contributed by atoms with van der Waals surface area (Å²) in [6.07, 6.45) is 4.91. The summed E-state index contributed by atoms with van der Waals surface area (Å²) in [7, 11) is 3.83. The molecule has 1 saturated heterocycles. The third-order valence-electron chi connectivity index (χ3n) is 5.74. The van der Waals surface area contributed by atoms with Gasteiger partial charge in [-0.2, -0.15) is 0 Å². The first-order valence-corrected chi connectivity index (χ1v) is 10.8. The lowest BCUT2D eigenvalue weighted by molar-refractivity contribution is -0.133. The van der Waals surface area contributed by atoms with E-state index in [9.17, 15) is 9.18 Å². The van der Waals surface area contributed by atoms with E-state index in [0.717, 1.165) is 42.6 Å². The summed E-state index contributed by atoms with van der Waals surface area (Å²) in [6.45, 7) is 6.70. The van der Waals surface area contributed by atoms with Gasteiger partial charge in [-0.1, -0.05) is 18.6 Å². The van der Waals surface area contributed by atoms with Crippen LogP contribution in [0.25, 0.3) is 11.1 Å².